The zero-order valence-corrected chi connectivity index (χ0v) is 24.8. The van der Waals surface area contributed by atoms with Crippen LogP contribution in [0.25, 0.3) is 21.0 Å². The molecule has 1 heterocycles. The number of hydrogen-bond donors (Lipinski definition) is 3. The van der Waals surface area contributed by atoms with Crippen LogP contribution in [0.3, 0.4) is 0 Å². The van der Waals surface area contributed by atoms with Crippen LogP contribution in [0.15, 0.2) is 103 Å². The number of alkyl halides is 3. The zero-order chi connectivity index (χ0) is 32.4. The maximum Gasteiger partial charge on any atom is 0.418 e. The lowest BCUT2D eigenvalue weighted by molar-refractivity contribution is -0.137. The van der Waals surface area contributed by atoms with E-state index in [1.807, 2.05) is 30.3 Å². The molecule has 5 aromatic carbocycles. The molecule has 3 amide bonds. The number of aromatic nitrogens is 1. The summed E-state index contributed by atoms with van der Waals surface area (Å²) in [6.45, 7) is 1.76. The molecule has 0 radical (unpaired) electrons. The number of carbonyl (C=O) groups excluding carboxylic acids is 3. The first-order valence-electron chi connectivity index (χ1n) is 13.8. The first-order valence-corrected chi connectivity index (χ1v) is 14.6. The summed E-state index contributed by atoms with van der Waals surface area (Å²) in [6.07, 6.45) is -5.29. The molecule has 0 saturated heterocycles. The Kier molecular flexibility index (Phi) is 8.12. The van der Waals surface area contributed by atoms with Crippen LogP contribution in [0.4, 0.5) is 34.5 Å². The highest BCUT2D eigenvalue weighted by molar-refractivity contribution is 7.22. The molecule has 0 spiro atoms. The first-order chi connectivity index (χ1) is 22.0. The largest absolute Gasteiger partial charge is 0.418 e. The van der Waals surface area contributed by atoms with Gasteiger partial charge in [-0.3, -0.25) is 14.9 Å². The molecule has 6 aromatic rings. The van der Waals surface area contributed by atoms with E-state index in [0.717, 1.165) is 29.0 Å². The van der Waals surface area contributed by atoms with Gasteiger partial charge in [-0.15, -0.1) is 0 Å². The van der Waals surface area contributed by atoms with Crippen molar-refractivity contribution in [1.29, 1.82) is 0 Å². The third kappa shape index (κ3) is 6.81. The summed E-state index contributed by atoms with van der Waals surface area (Å²) in [5.41, 5.74) is 1.17. The van der Waals surface area contributed by atoms with E-state index >= 15 is 0 Å². The number of aryl methyl sites for hydroxylation is 1. The van der Waals surface area contributed by atoms with Gasteiger partial charge in [0.1, 0.15) is 5.75 Å². The molecule has 46 heavy (non-hydrogen) atoms. The third-order valence-corrected chi connectivity index (χ3v) is 7.92. The fourth-order valence-corrected chi connectivity index (χ4v) is 5.53. The molecule has 0 fully saturated rings. The number of nitrogens with one attached hydrogen (secondary N) is 3. The molecule has 0 aliphatic rings. The summed E-state index contributed by atoms with van der Waals surface area (Å²) in [4.78, 5) is 42.8. The van der Waals surface area contributed by atoms with E-state index in [4.69, 9.17) is 4.74 Å². The van der Waals surface area contributed by atoms with Crippen molar-refractivity contribution < 1.29 is 32.3 Å². The molecule has 0 aliphatic carbocycles. The number of carbonyl (C=O) groups is 3. The number of benzene rings is 5. The van der Waals surface area contributed by atoms with Gasteiger partial charge in [0.2, 0.25) is 0 Å². The fourth-order valence-electron chi connectivity index (χ4n) is 4.64. The van der Waals surface area contributed by atoms with Gasteiger partial charge in [0.15, 0.2) is 5.13 Å². The first kappa shape index (κ1) is 30.3. The van der Waals surface area contributed by atoms with Crippen LogP contribution in [0.2, 0.25) is 0 Å². The standard InChI is InChI=1S/C34H23F3N4O4S/c1-19-9-12-25(38-30(42)22-7-4-8-24(15-22)34(35,36)37)18-28(19)39-31(43)23-11-14-27-29(17-23)46-32(40-27)41-33(44)45-26-13-10-20-5-2-3-6-21(20)16-26/h2-18H,1H3,(H,38,42)(H,39,43)(H,40,41,44). The Balaban J connectivity index is 1.12. The van der Waals surface area contributed by atoms with E-state index in [1.54, 1.807) is 49.4 Å². The lowest BCUT2D eigenvalue weighted by atomic mass is 10.1. The zero-order valence-electron chi connectivity index (χ0n) is 23.9. The molecule has 6 rings (SSSR count). The lowest BCUT2D eigenvalue weighted by Gasteiger charge is -2.13. The van der Waals surface area contributed by atoms with E-state index in [0.29, 0.717) is 37.9 Å². The van der Waals surface area contributed by atoms with Gasteiger partial charge >= 0.3 is 12.3 Å². The molecule has 0 unspecified atom stereocenters. The summed E-state index contributed by atoms with van der Waals surface area (Å²) in [7, 11) is 0. The Hall–Kier alpha value is -5.75. The molecule has 0 aliphatic heterocycles. The molecule has 230 valence electrons. The van der Waals surface area contributed by atoms with Gasteiger partial charge in [-0.25, -0.2) is 9.78 Å². The SMILES string of the molecule is Cc1ccc(NC(=O)c2cccc(C(F)(F)F)c2)cc1NC(=O)c1ccc2nc(NC(=O)Oc3ccc4ccccc4c3)sc2c1. The highest BCUT2D eigenvalue weighted by Gasteiger charge is 2.31. The Morgan fingerprint density at radius 1 is 0.739 bits per heavy atom. The number of fused-ring (bicyclic) bond motifs is 2. The van der Waals surface area contributed by atoms with Crippen LogP contribution in [-0.2, 0) is 6.18 Å². The molecule has 1 aromatic heterocycles. The highest BCUT2D eigenvalue weighted by Crippen LogP contribution is 2.31. The van der Waals surface area contributed by atoms with Crippen LogP contribution in [-0.4, -0.2) is 22.9 Å². The van der Waals surface area contributed by atoms with Crippen LogP contribution in [0.1, 0.15) is 31.8 Å². The predicted octanol–water partition coefficient (Wildman–Crippen LogP) is 8.89. The van der Waals surface area contributed by atoms with E-state index < -0.39 is 29.6 Å². The molecular formula is C34H23F3N4O4S. The summed E-state index contributed by atoms with van der Waals surface area (Å²) in [5.74, 6) is -0.788. The molecule has 8 nitrogen and oxygen atoms in total. The van der Waals surface area contributed by atoms with E-state index in [1.165, 1.54) is 23.5 Å². The minimum atomic E-state index is -4.58. The highest BCUT2D eigenvalue weighted by atomic mass is 32.1. The number of ether oxygens (including phenoxy) is 1. The molecule has 0 bridgehead atoms. The van der Waals surface area contributed by atoms with Gasteiger partial charge in [-0.1, -0.05) is 53.8 Å². The van der Waals surface area contributed by atoms with E-state index in [2.05, 4.69) is 20.9 Å². The van der Waals surface area contributed by atoms with Gasteiger partial charge in [-0.05, 0) is 83.9 Å². The van der Waals surface area contributed by atoms with Crippen molar-refractivity contribution in [2.75, 3.05) is 16.0 Å². The predicted molar refractivity (Wildman–Crippen MR) is 172 cm³/mol. The molecular weight excluding hydrogens is 617 g/mol. The minimum absolute atomic E-state index is 0.158. The topological polar surface area (TPSA) is 109 Å². The van der Waals surface area contributed by atoms with Gasteiger partial charge in [0, 0.05) is 22.5 Å². The van der Waals surface area contributed by atoms with Crippen molar-refractivity contribution in [3.8, 4) is 5.75 Å². The summed E-state index contributed by atoms with van der Waals surface area (Å²) < 4.78 is 45.3. The number of rotatable bonds is 6. The van der Waals surface area contributed by atoms with E-state index in [-0.39, 0.29) is 11.3 Å². The van der Waals surface area contributed by atoms with Gasteiger partial charge in [-0.2, -0.15) is 13.2 Å². The summed E-state index contributed by atoms with van der Waals surface area (Å²) in [5, 5.41) is 10.2. The van der Waals surface area contributed by atoms with Crippen LogP contribution >= 0.6 is 11.3 Å². The van der Waals surface area contributed by atoms with Crippen molar-refractivity contribution in [2.45, 2.75) is 13.1 Å². The maximum atomic E-state index is 13.2. The lowest BCUT2D eigenvalue weighted by Crippen LogP contribution is -2.16. The minimum Gasteiger partial charge on any atom is -0.410 e. The van der Waals surface area contributed by atoms with E-state index in [9.17, 15) is 27.6 Å². The second-order valence-corrected chi connectivity index (χ2v) is 11.3. The Morgan fingerprint density at radius 3 is 2.30 bits per heavy atom. The van der Waals surface area contributed by atoms with Crippen molar-refractivity contribution in [3.63, 3.8) is 0 Å². The fraction of sp³-hybridized carbons (Fsp3) is 0.0588. The van der Waals surface area contributed by atoms with Crippen LogP contribution < -0.4 is 20.7 Å². The number of nitrogens with zero attached hydrogens (tertiary/aromatic N) is 1. The van der Waals surface area contributed by atoms with Gasteiger partial charge in [0.25, 0.3) is 11.8 Å². The second kappa shape index (κ2) is 12.3. The number of amides is 3. The Morgan fingerprint density at radius 2 is 1.50 bits per heavy atom. The molecule has 0 atom stereocenters. The second-order valence-electron chi connectivity index (χ2n) is 10.2. The normalized spacial score (nSPS) is 11.3. The van der Waals surface area contributed by atoms with Gasteiger partial charge in [0.05, 0.1) is 15.8 Å². The Bertz CT molecular complexity index is 2150. The quantitative estimate of drug-likeness (QED) is 0.168. The van der Waals surface area contributed by atoms with Crippen LogP contribution in [0, 0.1) is 6.92 Å². The molecule has 3 N–H and O–H groups in total. The van der Waals surface area contributed by atoms with Crippen LogP contribution in [0.5, 0.6) is 5.75 Å². The average Bonchev–Trinajstić information content (AvgIpc) is 3.43. The van der Waals surface area contributed by atoms with Crippen molar-refractivity contribution in [3.05, 3.63) is 125 Å². The molecule has 0 saturated carbocycles. The smallest absolute Gasteiger partial charge is 0.410 e. The maximum absolute atomic E-state index is 13.2. The number of thiazole rings is 1. The number of anilines is 3. The van der Waals surface area contributed by atoms with Crippen molar-refractivity contribution >= 4 is 66.7 Å². The van der Waals surface area contributed by atoms with Crippen molar-refractivity contribution in [1.82, 2.24) is 4.98 Å². The Labute approximate surface area is 263 Å². The van der Waals surface area contributed by atoms with Gasteiger partial charge < -0.3 is 15.4 Å². The number of halogens is 3. The molecule has 12 heteroatoms. The summed E-state index contributed by atoms with van der Waals surface area (Å²) >= 11 is 1.17. The number of hydrogen-bond acceptors (Lipinski definition) is 6. The third-order valence-electron chi connectivity index (χ3n) is 6.99. The average molecular weight is 641 g/mol. The summed E-state index contributed by atoms with van der Waals surface area (Å²) in [6, 6.07) is 26.8. The van der Waals surface area contributed by atoms with Crippen molar-refractivity contribution in [2.24, 2.45) is 0 Å². The monoisotopic (exact) mass is 640 g/mol.